The summed E-state index contributed by atoms with van der Waals surface area (Å²) in [6, 6.07) is 22.6. The predicted molar refractivity (Wildman–Crippen MR) is 108 cm³/mol. The van der Waals surface area contributed by atoms with Gasteiger partial charge in [-0.2, -0.15) is 0 Å². The number of benzene rings is 3. The highest BCUT2D eigenvalue weighted by Crippen LogP contribution is 2.42. The van der Waals surface area contributed by atoms with Crippen molar-refractivity contribution >= 4 is 34.0 Å². The van der Waals surface area contributed by atoms with E-state index in [0.717, 1.165) is 39.1 Å². The zero-order valence-electron chi connectivity index (χ0n) is 14.2. The van der Waals surface area contributed by atoms with Gasteiger partial charge >= 0.3 is 0 Å². The summed E-state index contributed by atoms with van der Waals surface area (Å²) in [5.41, 5.74) is 6.60. The van der Waals surface area contributed by atoms with Crippen LogP contribution in [0.4, 0.5) is 0 Å². The van der Waals surface area contributed by atoms with E-state index in [1.807, 2.05) is 48.5 Å². The third kappa shape index (κ3) is 2.64. The van der Waals surface area contributed by atoms with E-state index in [0.29, 0.717) is 10.6 Å². The Morgan fingerprint density at radius 2 is 1.33 bits per heavy atom. The molecule has 0 aliphatic heterocycles. The smallest absolute Gasteiger partial charge is 0.186 e. The predicted octanol–water partition coefficient (Wildman–Crippen LogP) is 5.58. The zero-order valence-corrected chi connectivity index (χ0v) is 14.9. The number of rotatable bonds is 2. The maximum absolute atomic E-state index is 12.8. The number of allylic oxidation sites excluding steroid dienone is 1. The van der Waals surface area contributed by atoms with Gasteiger partial charge in [-0.1, -0.05) is 48.0 Å². The fraction of sp³-hybridized carbons (Fsp3) is 0. The summed E-state index contributed by atoms with van der Waals surface area (Å²) in [6.07, 6.45) is 1.65. The third-order valence-electron chi connectivity index (χ3n) is 4.70. The molecule has 0 radical (unpaired) electrons. The molecule has 1 aliphatic carbocycles. The van der Waals surface area contributed by atoms with Crippen molar-refractivity contribution in [2.24, 2.45) is 0 Å². The molecule has 0 amide bonds. The highest BCUT2D eigenvalue weighted by Gasteiger charge is 2.27. The van der Waals surface area contributed by atoms with Crippen molar-refractivity contribution < 1.29 is 4.79 Å². The first kappa shape index (κ1) is 15.9. The summed E-state index contributed by atoms with van der Waals surface area (Å²) < 4.78 is 0. The number of carbonyl (C=O) groups is 1. The van der Waals surface area contributed by atoms with Crippen LogP contribution < -0.4 is 0 Å². The van der Waals surface area contributed by atoms with Crippen molar-refractivity contribution in [3.8, 4) is 11.3 Å². The van der Waals surface area contributed by atoms with Gasteiger partial charge in [-0.3, -0.25) is 4.79 Å². The number of halogens is 1. The number of carbonyl (C=O) groups excluding carboxylic acids is 1. The number of para-hydroxylation sites is 2. The lowest BCUT2D eigenvalue weighted by molar-refractivity contribution is 0.104. The first-order valence-electron chi connectivity index (χ1n) is 8.59. The van der Waals surface area contributed by atoms with Crippen LogP contribution in [0.5, 0.6) is 0 Å². The van der Waals surface area contributed by atoms with Crippen molar-refractivity contribution in [3.05, 3.63) is 101 Å². The van der Waals surface area contributed by atoms with Crippen LogP contribution in [0.2, 0.25) is 5.02 Å². The number of aromatic nitrogens is 2. The summed E-state index contributed by atoms with van der Waals surface area (Å²) in [5.74, 6) is -0.0840. The van der Waals surface area contributed by atoms with Crippen LogP contribution in [0.15, 0.2) is 78.9 Å². The molecule has 0 saturated carbocycles. The lowest BCUT2D eigenvalue weighted by atomic mass is 10.0. The SMILES string of the molecule is O=C(/C=C1/c2ccccc2-c2nc3ccccc3nc21)c1ccc(Cl)cc1. The van der Waals surface area contributed by atoms with E-state index in [2.05, 4.69) is 0 Å². The molecule has 27 heavy (non-hydrogen) atoms. The lowest BCUT2D eigenvalue weighted by Crippen LogP contribution is -1.98. The molecule has 0 bridgehead atoms. The Kier molecular flexibility index (Phi) is 3.62. The van der Waals surface area contributed by atoms with Crippen LogP contribution in [0.3, 0.4) is 0 Å². The molecule has 4 heteroatoms. The largest absolute Gasteiger partial charge is 0.289 e. The molecule has 0 unspecified atom stereocenters. The molecule has 0 saturated heterocycles. The number of nitrogens with zero attached hydrogens (tertiary/aromatic N) is 2. The van der Waals surface area contributed by atoms with Crippen LogP contribution in [0, 0.1) is 0 Å². The lowest BCUT2D eigenvalue weighted by Gasteiger charge is -2.04. The Labute approximate surface area is 161 Å². The monoisotopic (exact) mass is 368 g/mol. The third-order valence-corrected chi connectivity index (χ3v) is 4.95. The van der Waals surface area contributed by atoms with Crippen molar-refractivity contribution in [3.63, 3.8) is 0 Å². The van der Waals surface area contributed by atoms with Gasteiger partial charge < -0.3 is 0 Å². The average molecular weight is 369 g/mol. The van der Waals surface area contributed by atoms with E-state index >= 15 is 0 Å². The van der Waals surface area contributed by atoms with Gasteiger partial charge in [0.15, 0.2) is 5.78 Å². The number of ketones is 1. The van der Waals surface area contributed by atoms with E-state index in [9.17, 15) is 4.79 Å². The van der Waals surface area contributed by atoms with Gasteiger partial charge in [-0.05, 0) is 48.0 Å². The number of hydrogen-bond acceptors (Lipinski definition) is 3. The van der Waals surface area contributed by atoms with Crippen LogP contribution in [-0.2, 0) is 0 Å². The van der Waals surface area contributed by atoms with Crippen molar-refractivity contribution in [2.45, 2.75) is 0 Å². The van der Waals surface area contributed by atoms with Crippen molar-refractivity contribution in [1.29, 1.82) is 0 Å². The van der Waals surface area contributed by atoms with E-state index in [4.69, 9.17) is 21.6 Å². The summed E-state index contributed by atoms with van der Waals surface area (Å²) >= 11 is 5.93. The minimum atomic E-state index is -0.0840. The molecular formula is C23H13ClN2O. The molecular weight excluding hydrogens is 356 g/mol. The van der Waals surface area contributed by atoms with Crippen molar-refractivity contribution in [1.82, 2.24) is 9.97 Å². The first-order chi connectivity index (χ1) is 13.2. The molecule has 4 aromatic rings. The average Bonchev–Trinajstić information content (AvgIpc) is 3.00. The fourth-order valence-corrected chi connectivity index (χ4v) is 3.53. The van der Waals surface area contributed by atoms with Gasteiger partial charge in [0.2, 0.25) is 0 Å². The number of hydrogen-bond donors (Lipinski definition) is 0. The van der Waals surface area contributed by atoms with Gasteiger partial charge in [0, 0.05) is 21.7 Å². The van der Waals surface area contributed by atoms with Gasteiger partial charge in [0.05, 0.1) is 22.4 Å². The molecule has 0 N–H and O–H groups in total. The molecule has 5 rings (SSSR count). The molecule has 3 nitrogen and oxygen atoms in total. The Morgan fingerprint density at radius 1 is 0.741 bits per heavy atom. The Morgan fingerprint density at radius 3 is 2.04 bits per heavy atom. The standard InChI is InChI=1S/C23H13ClN2O/c24-15-11-9-14(10-12-15)21(27)13-18-16-5-1-2-6-17(16)22-23(18)26-20-8-4-3-7-19(20)25-22/h1-13H/b18-13-. The van der Waals surface area contributed by atoms with Gasteiger partial charge in [0.1, 0.15) is 0 Å². The van der Waals surface area contributed by atoms with Crippen LogP contribution in [-0.4, -0.2) is 15.8 Å². The summed E-state index contributed by atoms with van der Waals surface area (Å²) in [7, 11) is 0. The van der Waals surface area contributed by atoms with Gasteiger partial charge in [-0.15, -0.1) is 0 Å². The van der Waals surface area contributed by atoms with E-state index < -0.39 is 0 Å². The maximum Gasteiger partial charge on any atom is 0.186 e. The topological polar surface area (TPSA) is 42.9 Å². The minimum absolute atomic E-state index is 0.0840. The molecule has 0 fully saturated rings. The van der Waals surface area contributed by atoms with Crippen molar-refractivity contribution in [2.75, 3.05) is 0 Å². The Hall–Kier alpha value is -3.30. The molecule has 0 spiro atoms. The zero-order chi connectivity index (χ0) is 18.4. The summed E-state index contributed by atoms with van der Waals surface area (Å²) in [6.45, 7) is 0. The minimum Gasteiger partial charge on any atom is -0.289 e. The van der Waals surface area contributed by atoms with Crippen LogP contribution in [0.25, 0.3) is 27.9 Å². The quantitative estimate of drug-likeness (QED) is 0.302. The Balaban J connectivity index is 1.72. The molecule has 128 valence electrons. The highest BCUT2D eigenvalue weighted by molar-refractivity contribution is 6.30. The summed E-state index contributed by atoms with van der Waals surface area (Å²) in [4.78, 5) is 22.4. The molecule has 1 aromatic heterocycles. The maximum atomic E-state index is 12.8. The van der Waals surface area contributed by atoms with E-state index in [1.165, 1.54) is 0 Å². The Bertz CT molecular complexity index is 1240. The molecule has 1 heterocycles. The second-order valence-electron chi connectivity index (χ2n) is 6.38. The van der Waals surface area contributed by atoms with E-state index in [-0.39, 0.29) is 5.78 Å². The first-order valence-corrected chi connectivity index (χ1v) is 8.97. The van der Waals surface area contributed by atoms with E-state index in [1.54, 1.807) is 30.3 Å². The highest BCUT2D eigenvalue weighted by atomic mass is 35.5. The van der Waals surface area contributed by atoms with Gasteiger partial charge in [-0.25, -0.2) is 9.97 Å². The molecule has 0 atom stereocenters. The number of fused-ring (bicyclic) bond motifs is 4. The molecule has 1 aliphatic rings. The van der Waals surface area contributed by atoms with Crippen LogP contribution >= 0.6 is 11.6 Å². The molecule has 3 aromatic carbocycles. The second kappa shape index (κ2) is 6.15. The fourth-order valence-electron chi connectivity index (χ4n) is 3.40. The normalized spacial score (nSPS) is 13.6. The van der Waals surface area contributed by atoms with Gasteiger partial charge in [0.25, 0.3) is 0 Å². The van der Waals surface area contributed by atoms with Crippen LogP contribution in [0.1, 0.15) is 21.6 Å². The second-order valence-corrected chi connectivity index (χ2v) is 6.82. The summed E-state index contributed by atoms with van der Waals surface area (Å²) in [5, 5.41) is 0.605.